The second-order valence-corrected chi connectivity index (χ2v) is 6.58. The van der Waals surface area contributed by atoms with Gasteiger partial charge in [-0.3, -0.25) is 4.79 Å². The van der Waals surface area contributed by atoms with E-state index in [1.54, 1.807) is 19.1 Å². The molecule has 6 nitrogen and oxygen atoms in total. The van der Waals surface area contributed by atoms with Crippen LogP contribution in [0.4, 0.5) is 4.79 Å². The van der Waals surface area contributed by atoms with Crippen LogP contribution in [0.3, 0.4) is 0 Å². The number of urea groups is 1. The molecule has 0 fully saturated rings. The Morgan fingerprint density at radius 3 is 2.15 bits per heavy atom. The summed E-state index contributed by atoms with van der Waals surface area (Å²) < 4.78 is 0. The third-order valence-electron chi connectivity index (χ3n) is 4.34. The monoisotopic (exact) mass is 370 g/mol. The van der Waals surface area contributed by atoms with E-state index in [0.29, 0.717) is 12.8 Å². The first-order valence-corrected chi connectivity index (χ1v) is 9.01. The Hall–Kier alpha value is -2.86. The summed E-state index contributed by atoms with van der Waals surface area (Å²) in [6.45, 7) is 1.72. The van der Waals surface area contributed by atoms with Crippen LogP contribution in [-0.4, -0.2) is 34.3 Å². The Labute approximate surface area is 159 Å². The van der Waals surface area contributed by atoms with Crippen molar-refractivity contribution < 1.29 is 19.8 Å². The molecule has 0 saturated heterocycles. The number of aliphatic hydroxyl groups excluding tert-OH is 1. The summed E-state index contributed by atoms with van der Waals surface area (Å²) in [7, 11) is 0. The molecule has 0 aromatic heterocycles. The fourth-order valence-electron chi connectivity index (χ4n) is 2.87. The summed E-state index contributed by atoms with van der Waals surface area (Å²) >= 11 is 0. The Morgan fingerprint density at radius 1 is 0.963 bits per heavy atom. The van der Waals surface area contributed by atoms with Crippen molar-refractivity contribution in [2.45, 2.75) is 44.4 Å². The topological polar surface area (TPSA) is 98.7 Å². The summed E-state index contributed by atoms with van der Waals surface area (Å²) in [5, 5.41) is 24.9. The van der Waals surface area contributed by atoms with Gasteiger partial charge in [-0.25, -0.2) is 4.79 Å². The quantitative estimate of drug-likeness (QED) is 0.545. The first kappa shape index (κ1) is 20.5. The van der Waals surface area contributed by atoms with Crippen molar-refractivity contribution >= 4 is 12.0 Å². The number of benzene rings is 2. The van der Waals surface area contributed by atoms with E-state index in [2.05, 4.69) is 10.6 Å². The molecule has 27 heavy (non-hydrogen) atoms. The predicted octanol–water partition coefficient (Wildman–Crippen LogP) is 2.88. The van der Waals surface area contributed by atoms with Gasteiger partial charge in [-0.05, 0) is 30.9 Å². The van der Waals surface area contributed by atoms with Crippen molar-refractivity contribution in [3.8, 4) is 0 Å². The van der Waals surface area contributed by atoms with Crippen LogP contribution in [-0.2, 0) is 11.2 Å². The molecule has 0 spiro atoms. The average Bonchev–Trinajstić information content (AvgIpc) is 2.66. The molecule has 2 aromatic carbocycles. The van der Waals surface area contributed by atoms with E-state index >= 15 is 0 Å². The molecule has 6 heteroatoms. The summed E-state index contributed by atoms with van der Waals surface area (Å²) in [5.41, 5.74) is 1.74. The molecule has 0 heterocycles. The number of carboxylic acids is 1. The molecule has 2 amide bonds. The number of aliphatic hydroxyl groups is 1. The molecule has 0 radical (unpaired) electrons. The molecular weight excluding hydrogens is 344 g/mol. The van der Waals surface area contributed by atoms with E-state index in [4.69, 9.17) is 5.11 Å². The van der Waals surface area contributed by atoms with Gasteiger partial charge in [-0.1, -0.05) is 60.7 Å². The second-order valence-electron chi connectivity index (χ2n) is 6.58. The average molecular weight is 370 g/mol. The van der Waals surface area contributed by atoms with Gasteiger partial charge in [0.05, 0.1) is 12.1 Å². The number of carboxylic acid groups (broad SMARTS) is 1. The highest BCUT2D eigenvalue weighted by Gasteiger charge is 2.20. The number of hydrogen-bond donors (Lipinski definition) is 4. The molecule has 0 aliphatic carbocycles. The number of nitrogens with one attached hydrogen (secondary N) is 2. The van der Waals surface area contributed by atoms with Crippen LogP contribution < -0.4 is 10.6 Å². The fraction of sp³-hybridized carbons (Fsp3) is 0.333. The van der Waals surface area contributed by atoms with Crippen LogP contribution in [0.1, 0.15) is 37.0 Å². The lowest BCUT2D eigenvalue weighted by Crippen LogP contribution is -2.47. The zero-order valence-electron chi connectivity index (χ0n) is 15.3. The highest BCUT2D eigenvalue weighted by Crippen LogP contribution is 2.16. The first-order chi connectivity index (χ1) is 13.0. The molecule has 0 aliphatic rings. The third kappa shape index (κ3) is 7.11. The number of hydrogen-bond acceptors (Lipinski definition) is 3. The van der Waals surface area contributed by atoms with Gasteiger partial charge in [0, 0.05) is 12.5 Å². The van der Waals surface area contributed by atoms with Gasteiger partial charge in [-0.2, -0.15) is 0 Å². The van der Waals surface area contributed by atoms with E-state index in [9.17, 15) is 14.7 Å². The molecule has 2 aromatic rings. The van der Waals surface area contributed by atoms with Gasteiger partial charge in [-0.15, -0.1) is 0 Å². The van der Waals surface area contributed by atoms with E-state index in [1.807, 2.05) is 48.5 Å². The maximum atomic E-state index is 12.4. The Kier molecular flexibility index (Phi) is 7.82. The van der Waals surface area contributed by atoms with E-state index in [1.165, 1.54) is 0 Å². The van der Waals surface area contributed by atoms with Crippen LogP contribution in [0.5, 0.6) is 0 Å². The lowest BCUT2D eigenvalue weighted by atomic mass is 10.0. The zero-order chi connectivity index (χ0) is 19.6. The first-order valence-electron chi connectivity index (χ1n) is 9.01. The van der Waals surface area contributed by atoms with Crippen LogP contribution in [0.2, 0.25) is 0 Å². The van der Waals surface area contributed by atoms with Crippen molar-refractivity contribution in [2.75, 3.05) is 0 Å². The Morgan fingerprint density at radius 2 is 1.56 bits per heavy atom. The largest absolute Gasteiger partial charge is 0.481 e. The summed E-state index contributed by atoms with van der Waals surface area (Å²) in [6.07, 6.45) is 0.00765. The minimum atomic E-state index is -0.900. The van der Waals surface area contributed by atoms with E-state index < -0.39 is 24.1 Å². The summed E-state index contributed by atoms with van der Waals surface area (Å²) in [4.78, 5) is 23.3. The van der Waals surface area contributed by atoms with E-state index in [0.717, 1.165) is 11.1 Å². The predicted molar refractivity (Wildman–Crippen MR) is 103 cm³/mol. The van der Waals surface area contributed by atoms with Crippen LogP contribution >= 0.6 is 0 Å². The van der Waals surface area contributed by atoms with Crippen molar-refractivity contribution in [3.63, 3.8) is 0 Å². The molecule has 4 N–H and O–H groups in total. The minimum absolute atomic E-state index is 0.0278. The number of amides is 2. The molecule has 0 saturated carbocycles. The number of rotatable bonds is 9. The SMILES string of the molecule is CC(NC(=O)NC(CCC(=O)O)Cc1ccccc1)C(O)c1ccccc1. The Balaban J connectivity index is 1.94. The van der Waals surface area contributed by atoms with Gasteiger partial charge in [0.2, 0.25) is 0 Å². The van der Waals surface area contributed by atoms with Gasteiger partial charge >= 0.3 is 12.0 Å². The highest BCUT2D eigenvalue weighted by atomic mass is 16.4. The molecular formula is C21H26N2O4. The van der Waals surface area contributed by atoms with Crippen molar-refractivity contribution in [1.82, 2.24) is 10.6 Å². The van der Waals surface area contributed by atoms with Crippen LogP contribution in [0, 0.1) is 0 Å². The number of carbonyl (C=O) groups excluding carboxylic acids is 1. The van der Waals surface area contributed by atoms with Gasteiger partial charge < -0.3 is 20.8 Å². The maximum Gasteiger partial charge on any atom is 0.315 e. The van der Waals surface area contributed by atoms with Gasteiger partial charge in [0.1, 0.15) is 0 Å². The molecule has 0 bridgehead atoms. The van der Waals surface area contributed by atoms with Crippen LogP contribution in [0.15, 0.2) is 60.7 Å². The maximum absolute atomic E-state index is 12.4. The smallest absolute Gasteiger partial charge is 0.315 e. The third-order valence-corrected chi connectivity index (χ3v) is 4.34. The molecule has 0 aliphatic heterocycles. The molecule has 3 atom stereocenters. The van der Waals surface area contributed by atoms with Crippen molar-refractivity contribution in [1.29, 1.82) is 0 Å². The van der Waals surface area contributed by atoms with Gasteiger partial charge in [0.15, 0.2) is 0 Å². The van der Waals surface area contributed by atoms with Gasteiger partial charge in [0.25, 0.3) is 0 Å². The van der Waals surface area contributed by atoms with E-state index in [-0.39, 0.29) is 12.5 Å². The normalized spacial score (nSPS) is 14.0. The minimum Gasteiger partial charge on any atom is -0.481 e. The summed E-state index contributed by atoms with van der Waals surface area (Å²) in [5.74, 6) is -0.900. The Bertz CT molecular complexity index is 721. The lowest BCUT2D eigenvalue weighted by Gasteiger charge is -2.24. The number of aliphatic carboxylic acids is 1. The second kappa shape index (κ2) is 10.3. The molecule has 144 valence electrons. The van der Waals surface area contributed by atoms with Crippen molar-refractivity contribution in [3.05, 3.63) is 71.8 Å². The zero-order valence-corrected chi connectivity index (χ0v) is 15.3. The fourth-order valence-corrected chi connectivity index (χ4v) is 2.87. The molecule has 3 unspecified atom stereocenters. The lowest BCUT2D eigenvalue weighted by molar-refractivity contribution is -0.137. The standard InChI is InChI=1S/C21H26N2O4/c1-15(20(26)17-10-6-3-7-11-17)22-21(27)23-18(12-13-19(24)25)14-16-8-4-2-5-9-16/h2-11,15,18,20,26H,12-14H2,1H3,(H,24,25)(H2,22,23,27). The number of carbonyl (C=O) groups is 2. The molecule has 2 rings (SSSR count). The van der Waals surface area contributed by atoms with Crippen LogP contribution in [0.25, 0.3) is 0 Å². The highest BCUT2D eigenvalue weighted by molar-refractivity contribution is 5.75. The summed E-state index contributed by atoms with van der Waals surface area (Å²) in [6, 6.07) is 17.5. The van der Waals surface area contributed by atoms with Crippen molar-refractivity contribution in [2.24, 2.45) is 0 Å².